The van der Waals surface area contributed by atoms with Crippen molar-refractivity contribution in [3.63, 3.8) is 0 Å². The zero-order valence-corrected chi connectivity index (χ0v) is 27.5. The number of carbonyl (C=O) groups is 3. The average Bonchev–Trinajstić information content (AvgIpc) is 3.37. The fraction of sp³-hybridized carbons (Fsp3) is 0.275. The van der Waals surface area contributed by atoms with Crippen molar-refractivity contribution in [2.75, 3.05) is 10.6 Å². The molecule has 1 aromatic heterocycles. The standard InChI is InChI=1S/C40H41N3O4/c1-24-15-17-31(26(3)19-24)41-38(45)36-34(44)21-40(5,47)37(39(46)42-32-18-16-25(2)20-27(32)4)35(36)30-23-43(22-28-11-7-6-8-12-28)33-14-10-9-13-29(30)33/h6-20,23,35-37,47H,21-22H2,1-5H3,(H,41,45)(H,42,46). The van der Waals surface area contributed by atoms with Crippen molar-refractivity contribution in [1.82, 2.24) is 4.57 Å². The maximum atomic E-state index is 14.4. The van der Waals surface area contributed by atoms with E-state index < -0.39 is 41.0 Å². The second-order valence-electron chi connectivity index (χ2n) is 13.3. The van der Waals surface area contributed by atoms with Crippen LogP contribution in [0.1, 0.15) is 52.6 Å². The third-order valence-electron chi connectivity index (χ3n) is 9.49. The molecule has 0 spiro atoms. The predicted octanol–water partition coefficient (Wildman–Crippen LogP) is 7.24. The molecular weight excluding hydrogens is 586 g/mol. The number of para-hydroxylation sites is 1. The van der Waals surface area contributed by atoms with Crippen LogP contribution in [0.2, 0.25) is 0 Å². The minimum atomic E-state index is -1.72. The van der Waals surface area contributed by atoms with Gasteiger partial charge in [-0.15, -0.1) is 0 Å². The first-order valence-electron chi connectivity index (χ1n) is 16.1. The summed E-state index contributed by atoms with van der Waals surface area (Å²) >= 11 is 0. The Kier molecular flexibility index (Phi) is 8.60. The minimum absolute atomic E-state index is 0.331. The molecule has 0 bridgehead atoms. The number of ketones is 1. The summed E-state index contributed by atoms with van der Waals surface area (Å²) in [6.07, 6.45) is 1.62. The van der Waals surface area contributed by atoms with Gasteiger partial charge in [0.15, 0.2) is 0 Å². The number of hydrogen-bond acceptors (Lipinski definition) is 4. The van der Waals surface area contributed by atoms with Crippen molar-refractivity contribution < 1.29 is 19.5 Å². The summed E-state index contributed by atoms with van der Waals surface area (Å²) in [5.41, 5.74) is 6.03. The van der Waals surface area contributed by atoms with Crippen molar-refractivity contribution in [3.8, 4) is 0 Å². The predicted molar refractivity (Wildman–Crippen MR) is 187 cm³/mol. The Balaban J connectivity index is 1.51. The van der Waals surface area contributed by atoms with Gasteiger partial charge < -0.3 is 20.3 Å². The Morgan fingerprint density at radius 1 is 0.809 bits per heavy atom. The fourth-order valence-corrected chi connectivity index (χ4v) is 7.25. The molecule has 7 nitrogen and oxygen atoms in total. The van der Waals surface area contributed by atoms with Crippen molar-refractivity contribution in [2.24, 2.45) is 11.8 Å². The molecule has 7 heteroatoms. The summed E-state index contributed by atoms with van der Waals surface area (Å²) in [6.45, 7) is 9.87. The second kappa shape index (κ2) is 12.6. The number of anilines is 2. The van der Waals surface area contributed by atoms with Gasteiger partial charge in [-0.3, -0.25) is 14.4 Å². The molecule has 3 N–H and O–H groups in total. The highest BCUT2D eigenvalue weighted by Crippen LogP contribution is 2.49. The van der Waals surface area contributed by atoms with E-state index in [1.54, 1.807) is 0 Å². The Hall–Kier alpha value is -5.01. The van der Waals surface area contributed by atoms with Crippen LogP contribution in [-0.4, -0.2) is 32.9 Å². The van der Waals surface area contributed by atoms with E-state index in [2.05, 4.69) is 15.2 Å². The number of hydrogen-bond donors (Lipinski definition) is 3. The maximum absolute atomic E-state index is 14.4. The quantitative estimate of drug-likeness (QED) is 0.166. The molecule has 1 heterocycles. The number of fused-ring (bicyclic) bond motifs is 1. The first-order valence-corrected chi connectivity index (χ1v) is 16.1. The van der Waals surface area contributed by atoms with Crippen LogP contribution >= 0.6 is 0 Å². The molecule has 1 aliphatic carbocycles. The van der Waals surface area contributed by atoms with E-state index in [0.29, 0.717) is 23.5 Å². The van der Waals surface area contributed by atoms with E-state index in [1.807, 2.05) is 125 Å². The highest BCUT2D eigenvalue weighted by Gasteiger charge is 2.56. The van der Waals surface area contributed by atoms with Crippen molar-refractivity contribution in [1.29, 1.82) is 0 Å². The van der Waals surface area contributed by atoms with E-state index in [9.17, 15) is 19.5 Å². The summed E-state index contributed by atoms with van der Waals surface area (Å²) < 4.78 is 2.09. The Bertz CT molecular complexity index is 1990. The Morgan fingerprint density at radius 2 is 1.38 bits per heavy atom. The average molecular weight is 628 g/mol. The molecule has 0 saturated heterocycles. The zero-order valence-electron chi connectivity index (χ0n) is 27.5. The molecule has 240 valence electrons. The van der Waals surface area contributed by atoms with Crippen molar-refractivity contribution in [3.05, 3.63) is 131 Å². The number of nitrogens with zero attached hydrogens (tertiary/aromatic N) is 1. The lowest BCUT2D eigenvalue weighted by Crippen LogP contribution is -2.56. The molecule has 5 aromatic rings. The number of benzene rings is 4. The summed E-state index contributed by atoms with van der Waals surface area (Å²) in [5.74, 6) is -4.63. The first-order chi connectivity index (χ1) is 22.4. The van der Waals surface area contributed by atoms with Gasteiger partial charge >= 0.3 is 0 Å². The Labute approximate surface area is 275 Å². The van der Waals surface area contributed by atoms with Gasteiger partial charge in [-0.25, -0.2) is 0 Å². The Morgan fingerprint density at radius 3 is 2.00 bits per heavy atom. The molecule has 2 amide bonds. The van der Waals surface area contributed by atoms with Gasteiger partial charge in [0.25, 0.3) is 0 Å². The summed E-state index contributed by atoms with van der Waals surface area (Å²) in [5, 5.41) is 18.8. The lowest BCUT2D eigenvalue weighted by Gasteiger charge is -2.44. The van der Waals surface area contributed by atoms with Crippen LogP contribution in [0.15, 0.2) is 97.2 Å². The summed E-state index contributed by atoms with van der Waals surface area (Å²) in [7, 11) is 0. The third kappa shape index (κ3) is 6.36. The molecular formula is C40H41N3O4. The topological polar surface area (TPSA) is 100 Å². The van der Waals surface area contributed by atoms with E-state index in [1.165, 1.54) is 6.92 Å². The van der Waals surface area contributed by atoms with Crippen molar-refractivity contribution >= 4 is 39.9 Å². The van der Waals surface area contributed by atoms with Crippen LogP contribution in [-0.2, 0) is 20.9 Å². The lowest BCUT2D eigenvalue weighted by atomic mass is 9.61. The van der Waals surface area contributed by atoms with Crippen LogP contribution in [0, 0.1) is 39.5 Å². The highest BCUT2D eigenvalue weighted by molar-refractivity contribution is 6.11. The number of rotatable bonds is 7. The van der Waals surface area contributed by atoms with E-state index in [0.717, 1.165) is 38.7 Å². The van der Waals surface area contributed by atoms with Crippen LogP contribution in [0.25, 0.3) is 10.9 Å². The SMILES string of the molecule is Cc1ccc(NC(=O)C2C(=O)CC(C)(O)C(C(=O)Nc3ccc(C)cc3C)C2c2cn(Cc3ccccc3)c3ccccc23)c(C)c1. The molecule has 6 rings (SSSR count). The van der Waals surface area contributed by atoms with Gasteiger partial charge in [0, 0.05) is 47.4 Å². The number of carbonyl (C=O) groups excluding carboxylic acids is 3. The van der Waals surface area contributed by atoms with Crippen LogP contribution in [0.3, 0.4) is 0 Å². The zero-order chi connectivity index (χ0) is 33.5. The largest absolute Gasteiger partial charge is 0.389 e. The smallest absolute Gasteiger partial charge is 0.235 e. The minimum Gasteiger partial charge on any atom is -0.389 e. The van der Waals surface area contributed by atoms with Gasteiger partial charge in [-0.05, 0) is 75.1 Å². The molecule has 47 heavy (non-hydrogen) atoms. The number of aliphatic hydroxyl groups is 1. The molecule has 4 unspecified atom stereocenters. The normalized spacial score (nSPS) is 21.1. The molecule has 4 aromatic carbocycles. The number of Topliss-reactive ketones (excluding diaryl/α,β-unsaturated/α-hetero) is 1. The number of aryl methyl sites for hydroxylation is 4. The monoisotopic (exact) mass is 627 g/mol. The highest BCUT2D eigenvalue weighted by atomic mass is 16.3. The molecule has 1 saturated carbocycles. The molecule has 0 aliphatic heterocycles. The maximum Gasteiger partial charge on any atom is 0.235 e. The number of amides is 2. The molecule has 1 fully saturated rings. The molecule has 0 radical (unpaired) electrons. The van der Waals surface area contributed by atoms with Crippen molar-refractivity contribution in [2.45, 2.75) is 59.1 Å². The lowest BCUT2D eigenvalue weighted by molar-refractivity contribution is -0.150. The van der Waals surface area contributed by atoms with Gasteiger partial charge in [0.05, 0.1) is 11.5 Å². The van der Waals surface area contributed by atoms with E-state index in [-0.39, 0.29) is 6.42 Å². The number of aromatic nitrogens is 1. The summed E-state index contributed by atoms with van der Waals surface area (Å²) in [4.78, 5) is 42.8. The molecule has 1 aliphatic rings. The van der Waals surface area contributed by atoms with Gasteiger partial charge in [-0.2, -0.15) is 0 Å². The van der Waals surface area contributed by atoms with Gasteiger partial charge in [-0.1, -0.05) is 83.9 Å². The molecule has 4 atom stereocenters. The second-order valence-corrected chi connectivity index (χ2v) is 13.3. The van der Waals surface area contributed by atoms with Crippen LogP contribution in [0.4, 0.5) is 11.4 Å². The van der Waals surface area contributed by atoms with Gasteiger partial charge in [0.2, 0.25) is 11.8 Å². The van der Waals surface area contributed by atoms with Crippen LogP contribution in [0.5, 0.6) is 0 Å². The number of nitrogens with one attached hydrogen (secondary N) is 2. The van der Waals surface area contributed by atoms with E-state index in [4.69, 9.17) is 0 Å². The van der Waals surface area contributed by atoms with Crippen LogP contribution < -0.4 is 10.6 Å². The first kappa shape index (κ1) is 32.0. The third-order valence-corrected chi connectivity index (χ3v) is 9.49. The van der Waals surface area contributed by atoms with E-state index >= 15 is 0 Å². The fourth-order valence-electron chi connectivity index (χ4n) is 7.25. The van der Waals surface area contributed by atoms with Gasteiger partial charge in [0.1, 0.15) is 11.7 Å². The summed E-state index contributed by atoms with van der Waals surface area (Å²) in [6, 6.07) is 29.3.